The topological polar surface area (TPSA) is 42.4 Å². The molecule has 0 saturated carbocycles. The van der Waals surface area contributed by atoms with Gasteiger partial charge in [-0.3, -0.25) is 9.69 Å². The molecule has 1 aromatic heterocycles. The summed E-state index contributed by atoms with van der Waals surface area (Å²) in [5, 5.41) is 1.08. The normalized spacial score (nSPS) is 21.4. The second-order valence-electron chi connectivity index (χ2n) is 4.35. The molecule has 1 saturated heterocycles. The maximum absolute atomic E-state index is 11.7. The van der Waals surface area contributed by atoms with E-state index in [1.54, 1.807) is 11.3 Å². The summed E-state index contributed by atoms with van der Waals surface area (Å²) in [5.74, 6) is -0.106. The minimum Gasteiger partial charge on any atom is -0.468 e. The molecule has 0 radical (unpaired) electrons. The highest BCUT2D eigenvalue weighted by Gasteiger charge is 2.29. The van der Waals surface area contributed by atoms with Gasteiger partial charge in [0.2, 0.25) is 0 Å². The van der Waals surface area contributed by atoms with Crippen molar-refractivity contribution in [3.8, 4) is 0 Å². The molecule has 1 atom stereocenters. The zero-order valence-corrected chi connectivity index (χ0v) is 11.1. The van der Waals surface area contributed by atoms with Crippen LogP contribution in [0.5, 0.6) is 0 Å². The number of methoxy groups -OCH3 is 1. The van der Waals surface area contributed by atoms with Gasteiger partial charge in [0.05, 0.1) is 12.1 Å². The van der Waals surface area contributed by atoms with E-state index in [1.807, 2.05) is 13.1 Å². The zero-order valence-electron chi connectivity index (χ0n) is 10.3. The lowest BCUT2D eigenvalue weighted by Crippen LogP contribution is -2.44. The molecule has 0 bridgehead atoms. The standard InChI is InChI=1S/C12H18N2O2S/c1-9-13-7-10(17-9)8-14-6-4-3-5-11(14)12(15)16-2/h7,11H,3-6,8H2,1-2H3. The Morgan fingerprint density at radius 1 is 1.65 bits per heavy atom. The van der Waals surface area contributed by atoms with Crippen molar-refractivity contribution < 1.29 is 9.53 Å². The van der Waals surface area contributed by atoms with Gasteiger partial charge < -0.3 is 4.74 Å². The van der Waals surface area contributed by atoms with Crippen LogP contribution in [0, 0.1) is 6.92 Å². The van der Waals surface area contributed by atoms with E-state index in [1.165, 1.54) is 12.0 Å². The van der Waals surface area contributed by atoms with Crippen LogP contribution in [0.1, 0.15) is 29.1 Å². The molecule has 94 valence electrons. The number of carbonyl (C=O) groups excluding carboxylic acids is 1. The quantitative estimate of drug-likeness (QED) is 0.774. The first-order chi connectivity index (χ1) is 8.20. The molecule has 4 nitrogen and oxygen atoms in total. The van der Waals surface area contributed by atoms with Crippen molar-refractivity contribution in [3.05, 3.63) is 16.1 Å². The lowest BCUT2D eigenvalue weighted by Gasteiger charge is -2.33. The first-order valence-corrected chi connectivity index (χ1v) is 6.75. The molecule has 0 amide bonds. The fraction of sp³-hybridized carbons (Fsp3) is 0.667. The average molecular weight is 254 g/mol. The number of ether oxygens (including phenoxy) is 1. The summed E-state index contributed by atoms with van der Waals surface area (Å²) in [7, 11) is 1.46. The summed E-state index contributed by atoms with van der Waals surface area (Å²) in [6.07, 6.45) is 5.08. The van der Waals surface area contributed by atoms with Crippen LogP contribution in [-0.4, -0.2) is 35.5 Å². The summed E-state index contributed by atoms with van der Waals surface area (Å²) < 4.78 is 4.87. The number of hydrogen-bond acceptors (Lipinski definition) is 5. The molecule has 0 aliphatic carbocycles. The van der Waals surface area contributed by atoms with Gasteiger partial charge in [0.25, 0.3) is 0 Å². The Labute approximate surface area is 106 Å². The van der Waals surface area contributed by atoms with Gasteiger partial charge in [0.1, 0.15) is 6.04 Å². The number of thiazole rings is 1. The summed E-state index contributed by atoms with van der Waals surface area (Å²) in [4.78, 5) is 19.4. The lowest BCUT2D eigenvalue weighted by molar-refractivity contribution is -0.148. The maximum Gasteiger partial charge on any atom is 0.323 e. The predicted octanol–water partition coefficient (Wildman–Crippen LogP) is 1.98. The number of nitrogens with zero attached hydrogens (tertiary/aromatic N) is 2. The third kappa shape index (κ3) is 3.04. The summed E-state index contributed by atoms with van der Waals surface area (Å²) in [6, 6.07) is -0.0730. The van der Waals surface area contributed by atoms with Crippen LogP contribution in [0.4, 0.5) is 0 Å². The number of piperidine rings is 1. The van der Waals surface area contributed by atoms with E-state index in [4.69, 9.17) is 4.74 Å². The molecule has 2 rings (SSSR count). The second kappa shape index (κ2) is 5.60. The molecular formula is C12H18N2O2S. The van der Waals surface area contributed by atoms with Gasteiger partial charge in [-0.1, -0.05) is 6.42 Å². The van der Waals surface area contributed by atoms with Gasteiger partial charge in [-0.15, -0.1) is 11.3 Å². The SMILES string of the molecule is COC(=O)C1CCCCN1Cc1cnc(C)s1. The van der Waals surface area contributed by atoms with Crippen LogP contribution in [0.15, 0.2) is 6.20 Å². The highest BCUT2D eigenvalue weighted by molar-refractivity contribution is 7.11. The molecule has 1 aliphatic rings. The van der Waals surface area contributed by atoms with E-state index in [2.05, 4.69) is 9.88 Å². The maximum atomic E-state index is 11.7. The van der Waals surface area contributed by atoms with Gasteiger partial charge in [-0.2, -0.15) is 0 Å². The first-order valence-electron chi connectivity index (χ1n) is 5.94. The van der Waals surface area contributed by atoms with E-state index in [0.717, 1.165) is 37.4 Å². The van der Waals surface area contributed by atoms with Gasteiger partial charge in [0, 0.05) is 17.6 Å². The van der Waals surface area contributed by atoms with Crippen molar-refractivity contribution in [1.29, 1.82) is 0 Å². The Kier molecular flexibility index (Phi) is 4.12. The van der Waals surface area contributed by atoms with Crippen LogP contribution in [0.25, 0.3) is 0 Å². The Bertz CT molecular complexity index is 392. The Morgan fingerprint density at radius 2 is 2.47 bits per heavy atom. The summed E-state index contributed by atoms with van der Waals surface area (Å²) >= 11 is 1.70. The van der Waals surface area contributed by atoms with E-state index >= 15 is 0 Å². The van der Waals surface area contributed by atoms with Crippen molar-refractivity contribution in [2.45, 2.75) is 38.8 Å². The lowest BCUT2D eigenvalue weighted by atomic mass is 10.0. The number of carbonyl (C=O) groups is 1. The number of esters is 1. The fourth-order valence-corrected chi connectivity index (χ4v) is 3.08. The summed E-state index contributed by atoms with van der Waals surface area (Å²) in [5.41, 5.74) is 0. The van der Waals surface area contributed by atoms with Crippen LogP contribution >= 0.6 is 11.3 Å². The third-order valence-electron chi connectivity index (χ3n) is 3.11. The first kappa shape index (κ1) is 12.5. The molecule has 0 spiro atoms. The smallest absolute Gasteiger partial charge is 0.323 e. The molecule has 2 heterocycles. The van der Waals surface area contributed by atoms with Gasteiger partial charge in [-0.05, 0) is 26.3 Å². The number of rotatable bonds is 3. The van der Waals surface area contributed by atoms with Crippen molar-refractivity contribution in [2.24, 2.45) is 0 Å². The monoisotopic (exact) mass is 254 g/mol. The molecule has 1 aliphatic heterocycles. The average Bonchev–Trinajstić information content (AvgIpc) is 2.74. The van der Waals surface area contributed by atoms with Crippen molar-refractivity contribution in [2.75, 3.05) is 13.7 Å². The van der Waals surface area contributed by atoms with Gasteiger partial charge in [0.15, 0.2) is 0 Å². The number of likely N-dealkylation sites (tertiary alicyclic amines) is 1. The van der Waals surface area contributed by atoms with Crippen molar-refractivity contribution >= 4 is 17.3 Å². The molecule has 1 unspecified atom stereocenters. The molecule has 5 heteroatoms. The molecule has 17 heavy (non-hydrogen) atoms. The number of aryl methyl sites for hydroxylation is 1. The van der Waals surface area contributed by atoms with Gasteiger partial charge in [-0.25, -0.2) is 4.98 Å². The highest BCUT2D eigenvalue weighted by atomic mass is 32.1. The van der Waals surface area contributed by atoms with E-state index in [0.29, 0.717) is 0 Å². The minimum absolute atomic E-state index is 0.0730. The van der Waals surface area contributed by atoms with E-state index in [9.17, 15) is 4.79 Å². The Hall–Kier alpha value is -0.940. The third-order valence-corrected chi connectivity index (χ3v) is 4.01. The fourth-order valence-electron chi connectivity index (χ4n) is 2.26. The molecule has 0 N–H and O–H groups in total. The second-order valence-corrected chi connectivity index (χ2v) is 5.67. The Morgan fingerprint density at radius 3 is 3.12 bits per heavy atom. The van der Waals surface area contributed by atoms with Crippen molar-refractivity contribution in [1.82, 2.24) is 9.88 Å². The van der Waals surface area contributed by atoms with Crippen LogP contribution < -0.4 is 0 Å². The molecule has 1 fully saturated rings. The molecule has 0 aromatic carbocycles. The number of hydrogen-bond donors (Lipinski definition) is 0. The van der Waals surface area contributed by atoms with Crippen LogP contribution in [0.3, 0.4) is 0 Å². The van der Waals surface area contributed by atoms with Crippen LogP contribution in [-0.2, 0) is 16.1 Å². The Balaban J connectivity index is 2.03. The van der Waals surface area contributed by atoms with Crippen LogP contribution in [0.2, 0.25) is 0 Å². The molecule has 1 aromatic rings. The van der Waals surface area contributed by atoms with E-state index < -0.39 is 0 Å². The minimum atomic E-state index is -0.106. The largest absolute Gasteiger partial charge is 0.468 e. The highest BCUT2D eigenvalue weighted by Crippen LogP contribution is 2.22. The summed E-state index contributed by atoms with van der Waals surface area (Å²) in [6.45, 7) is 3.78. The van der Waals surface area contributed by atoms with Crippen molar-refractivity contribution in [3.63, 3.8) is 0 Å². The number of aromatic nitrogens is 1. The van der Waals surface area contributed by atoms with Gasteiger partial charge >= 0.3 is 5.97 Å². The van der Waals surface area contributed by atoms with E-state index in [-0.39, 0.29) is 12.0 Å². The predicted molar refractivity (Wildman–Crippen MR) is 66.9 cm³/mol. The zero-order chi connectivity index (χ0) is 12.3. The molecular weight excluding hydrogens is 236 g/mol.